The zero-order valence-electron chi connectivity index (χ0n) is 15.1. The van der Waals surface area contributed by atoms with E-state index >= 15 is 0 Å². The van der Waals surface area contributed by atoms with Crippen molar-refractivity contribution in [2.75, 3.05) is 0 Å². The molecule has 0 bridgehead atoms. The highest BCUT2D eigenvalue weighted by molar-refractivity contribution is 7.90. The second-order valence-electron chi connectivity index (χ2n) is 6.73. The minimum absolute atomic E-state index is 0.0790. The predicted octanol–water partition coefficient (Wildman–Crippen LogP) is 3.94. The molecule has 0 spiro atoms. The average molecular weight is 436 g/mol. The molecule has 1 unspecified atom stereocenters. The number of alkyl carbamates (subject to hydrolysis) is 1. The van der Waals surface area contributed by atoms with Gasteiger partial charge in [0.15, 0.2) is 0 Å². The summed E-state index contributed by atoms with van der Waals surface area (Å²) >= 11 is 12.0. The summed E-state index contributed by atoms with van der Waals surface area (Å²) in [6.07, 6.45) is -0.694. The molecule has 1 aromatic heterocycles. The maximum Gasteiger partial charge on any atom is 0.408 e. The molecule has 11 heteroatoms. The van der Waals surface area contributed by atoms with Crippen LogP contribution in [0.15, 0.2) is 27.8 Å². The molecule has 1 amide bonds. The van der Waals surface area contributed by atoms with Crippen LogP contribution in [0.5, 0.6) is 0 Å². The Morgan fingerprint density at radius 3 is 2.41 bits per heavy atom. The highest BCUT2D eigenvalue weighted by Crippen LogP contribution is 2.28. The topological polar surface area (TPSA) is 111 Å². The van der Waals surface area contributed by atoms with E-state index in [-0.39, 0.29) is 21.5 Å². The van der Waals surface area contributed by atoms with Crippen molar-refractivity contribution in [2.24, 2.45) is 0 Å². The molecule has 0 aliphatic rings. The fraction of sp³-hybridized carbons (Fsp3) is 0.438. The summed E-state index contributed by atoms with van der Waals surface area (Å²) in [4.78, 5) is 11.8. The van der Waals surface area contributed by atoms with E-state index in [1.165, 1.54) is 12.1 Å². The lowest BCUT2D eigenvalue weighted by Gasteiger charge is -2.20. The second-order valence-corrected chi connectivity index (χ2v) is 9.42. The van der Waals surface area contributed by atoms with Crippen LogP contribution >= 0.6 is 23.2 Å². The van der Waals surface area contributed by atoms with Gasteiger partial charge in [0.05, 0.1) is 5.75 Å². The molecule has 0 fully saturated rings. The lowest BCUT2D eigenvalue weighted by atomic mass is 10.2. The molecule has 0 aliphatic heterocycles. The van der Waals surface area contributed by atoms with E-state index in [0.717, 1.165) is 0 Å². The van der Waals surface area contributed by atoms with E-state index in [2.05, 4.69) is 15.5 Å². The summed E-state index contributed by atoms with van der Waals surface area (Å²) in [6, 6.07) is 3.92. The maximum atomic E-state index is 12.5. The van der Waals surface area contributed by atoms with Crippen LogP contribution in [-0.4, -0.2) is 30.3 Å². The number of carbonyl (C=O) groups is 1. The lowest BCUT2D eigenvalue weighted by Crippen LogP contribution is -2.34. The number of amides is 1. The van der Waals surface area contributed by atoms with Crippen LogP contribution in [0.2, 0.25) is 10.0 Å². The summed E-state index contributed by atoms with van der Waals surface area (Å²) in [7, 11) is -3.98. The van der Waals surface area contributed by atoms with Crippen molar-refractivity contribution in [3.05, 3.63) is 39.7 Å². The van der Waals surface area contributed by atoms with E-state index in [1.807, 2.05) is 0 Å². The zero-order valence-corrected chi connectivity index (χ0v) is 17.4. The molecule has 0 radical (unpaired) electrons. The van der Waals surface area contributed by atoms with Gasteiger partial charge >= 0.3 is 11.3 Å². The monoisotopic (exact) mass is 435 g/mol. The first-order chi connectivity index (χ1) is 12.4. The van der Waals surface area contributed by atoms with Crippen LogP contribution in [0.25, 0.3) is 0 Å². The SMILES string of the molecule is CC(NC(=O)OC(C)(C)C)c1nnc(S(=O)(=O)Cc2c(Cl)cccc2Cl)o1. The van der Waals surface area contributed by atoms with Gasteiger partial charge in [-0.25, -0.2) is 13.2 Å². The Morgan fingerprint density at radius 1 is 1.26 bits per heavy atom. The van der Waals surface area contributed by atoms with Gasteiger partial charge in [-0.1, -0.05) is 34.4 Å². The smallest absolute Gasteiger partial charge is 0.408 e. The number of aromatic nitrogens is 2. The number of rotatable bonds is 5. The van der Waals surface area contributed by atoms with Gasteiger partial charge in [-0.05, 0) is 39.8 Å². The maximum absolute atomic E-state index is 12.5. The van der Waals surface area contributed by atoms with Gasteiger partial charge in [0.2, 0.25) is 15.7 Å². The van der Waals surface area contributed by atoms with Gasteiger partial charge in [-0.2, -0.15) is 0 Å². The number of benzene rings is 1. The van der Waals surface area contributed by atoms with Gasteiger partial charge in [-0.15, -0.1) is 5.10 Å². The fourth-order valence-corrected chi connectivity index (χ4v) is 3.87. The number of ether oxygens (including phenoxy) is 1. The Balaban J connectivity index is 2.15. The summed E-state index contributed by atoms with van der Waals surface area (Å²) in [5.74, 6) is -0.578. The molecule has 2 rings (SSSR count). The summed E-state index contributed by atoms with van der Waals surface area (Å²) in [5, 5.41) is 9.58. The van der Waals surface area contributed by atoms with Crippen LogP contribution in [0.1, 0.15) is 45.2 Å². The first-order valence-corrected chi connectivity index (χ1v) is 10.3. The van der Waals surface area contributed by atoms with E-state index < -0.39 is 38.5 Å². The fourth-order valence-electron chi connectivity index (χ4n) is 1.99. The number of halogens is 2. The predicted molar refractivity (Wildman–Crippen MR) is 99.4 cm³/mol. The van der Waals surface area contributed by atoms with E-state index in [9.17, 15) is 13.2 Å². The van der Waals surface area contributed by atoms with E-state index in [1.54, 1.807) is 33.8 Å². The number of hydrogen-bond acceptors (Lipinski definition) is 7. The Labute approximate surface area is 167 Å². The van der Waals surface area contributed by atoms with E-state index in [4.69, 9.17) is 32.4 Å². The van der Waals surface area contributed by atoms with Crippen LogP contribution in [0, 0.1) is 0 Å². The third kappa shape index (κ3) is 5.82. The van der Waals surface area contributed by atoms with Gasteiger partial charge in [0, 0.05) is 15.6 Å². The van der Waals surface area contributed by atoms with Crippen LogP contribution in [0.4, 0.5) is 4.79 Å². The third-order valence-corrected chi connectivity index (χ3v) is 5.26. The minimum Gasteiger partial charge on any atom is -0.444 e. The van der Waals surface area contributed by atoms with Gasteiger partial charge in [-0.3, -0.25) is 0 Å². The molecule has 0 aliphatic carbocycles. The molecule has 148 valence electrons. The number of carbonyl (C=O) groups excluding carboxylic acids is 1. The molecule has 1 N–H and O–H groups in total. The standard InChI is InChI=1S/C16H19Cl2N3O5S/c1-9(19-14(22)26-16(2,3)4)13-20-21-15(25-13)27(23,24)8-10-11(17)6-5-7-12(10)18/h5-7,9H,8H2,1-4H3,(H,19,22). The zero-order chi connectivity index (χ0) is 20.4. The molecule has 0 saturated heterocycles. The van der Waals surface area contributed by atoms with Gasteiger partial charge < -0.3 is 14.5 Å². The van der Waals surface area contributed by atoms with Crippen LogP contribution < -0.4 is 5.32 Å². The van der Waals surface area contributed by atoms with Crippen molar-refractivity contribution in [3.63, 3.8) is 0 Å². The third-order valence-electron chi connectivity index (χ3n) is 3.19. The molecule has 8 nitrogen and oxygen atoms in total. The first kappa shape index (κ1) is 21.5. The van der Waals surface area contributed by atoms with Crippen molar-refractivity contribution in [2.45, 2.75) is 50.3 Å². The average Bonchev–Trinajstić information content (AvgIpc) is 3.00. The Kier molecular flexibility index (Phi) is 6.39. The molecule has 1 atom stereocenters. The summed E-state index contributed by atoms with van der Waals surface area (Å²) in [6.45, 7) is 6.70. The number of nitrogens with one attached hydrogen (secondary N) is 1. The summed E-state index contributed by atoms with van der Waals surface area (Å²) in [5.41, 5.74) is -0.443. The second kappa shape index (κ2) is 8.04. The molecule has 27 heavy (non-hydrogen) atoms. The Morgan fingerprint density at radius 2 is 1.85 bits per heavy atom. The first-order valence-electron chi connectivity index (χ1n) is 7.87. The molecular weight excluding hydrogens is 417 g/mol. The number of hydrogen-bond donors (Lipinski definition) is 1. The largest absolute Gasteiger partial charge is 0.444 e. The van der Waals surface area contributed by atoms with Crippen molar-refractivity contribution in [1.29, 1.82) is 0 Å². The minimum atomic E-state index is -3.98. The van der Waals surface area contributed by atoms with Gasteiger partial charge in [0.1, 0.15) is 11.6 Å². The van der Waals surface area contributed by atoms with Crippen molar-refractivity contribution < 1.29 is 22.4 Å². The highest BCUT2D eigenvalue weighted by Gasteiger charge is 2.27. The van der Waals surface area contributed by atoms with Crippen molar-refractivity contribution >= 4 is 39.1 Å². The lowest BCUT2D eigenvalue weighted by molar-refractivity contribution is 0.0500. The molecular formula is C16H19Cl2N3O5S. The molecule has 0 saturated carbocycles. The quantitative estimate of drug-likeness (QED) is 0.756. The highest BCUT2D eigenvalue weighted by atomic mass is 35.5. The molecule has 1 heterocycles. The van der Waals surface area contributed by atoms with Crippen molar-refractivity contribution in [1.82, 2.24) is 15.5 Å². The normalized spacial score (nSPS) is 13.3. The van der Waals surface area contributed by atoms with Crippen LogP contribution in [0.3, 0.4) is 0 Å². The Hall–Kier alpha value is -1.84. The van der Waals surface area contributed by atoms with Gasteiger partial charge in [0.25, 0.3) is 0 Å². The number of sulfone groups is 1. The number of nitrogens with zero attached hydrogens (tertiary/aromatic N) is 2. The Bertz CT molecular complexity index is 918. The van der Waals surface area contributed by atoms with E-state index in [0.29, 0.717) is 0 Å². The molecule has 1 aromatic carbocycles. The van der Waals surface area contributed by atoms with Crippen LogP contribution in [-0.2, 0) is 20.3 Å². The van der Waals surface area contributed by atoms with Crippen molar-refractivity contribution in [3.8, 4) is 0 Å². The molecule has 2 aromatic rings. The summed E-state index contributed by atoms with van der Waals surface area (Å²) < 4.78 is 35.4.